The highest BCUT2D eigenvalue weighted by atomic mass is 32.2. The van der Waals surface area contributed by atoms with E-state index in [4.69, 9.17) is 14.2 Å². The van der Waals surface area contributed by atoms with Crippen LogP contribution in [-0.4, -0.2) is 72.4 Å². The lowest BCUT2D eigenvalue weighted by atomic mass is 10.1. The highest BCUT2D eigenvalue weighted by Crippen LogP contribution is 2.09. The molecule has 1 rings (SSSR count). The number of esters is 1. The number of hydrogen-bond acceptors (Lipinski definition) is 9. The van der Waals surface area contributed by atoms with Gasteiger partial charge in [-0.05, 0) is 46.1 Å². The van der Waals surface area contributed by atoms with Gasteiger partial charge in [-0.3, -0.25) is 9.59 Å². The molecule has 1 aromatic carbocycles. The van der Waals surface area contributed by atoms with E-state index in [1.807, 2.05) is 30.3 Å². The van der Waals surface area contributed by atoms with Crippen LogP contribution in [0, 0.1) is 0 Å². The highest BCUT2D eigenvalue weighted by molar-refractivity contribution is 7.99. The average molecular weight is 569 g/mol. The Hall–Kier alpha value is -3.48. The minimum Gasteiger partial charge on any atom is -0.464 e. The minimum absolute atomic E-state index is 0.107. The van der Waals surface area contributed by atoms with Gasteiger partial charge in [0.2, 0.25) is 11.8 Å². The predicted octanol–water partition coefficient (Wildman–Crippen LogP) is 2.46. The van der Waals surface area contributed by atoms with Gasteiger partial charge in [-0.15, -0.1) is 11.8 Å². The minimum atomic E-state index is -1.05. The molecule has 0 saturated heterocycles. The molecule has 4 N–H and O–H groups in total. The summed E-state index contributed by atoms with van der Waals surface area (Å²) in [5.74, 6) is -1.16. The lowest BCUT2D eigenvalue weighted by Gasteiger charge is -2.25. The number of ether oxygens (including phenoxy) is 3. The molecule has 0 saturated carbocycles. The molecule has 0 radical (unpaired) electrons. The maximum atomic E-state index is 13.1. The zero-order valence-corrected chi connectivity index (χ0v) is 24.0. The number of alkyl carbamates (subject to hydrolysis) is 2. The van der Waals surface area contributed by atoms with Crippen molar-refractivity contribution in [3.05, 3.63) is 35.9 Å². The maximum absolute atomic E-state index is 13.1. The van der Waals surface area contributed by atoms with Crippen molar-refractivity contribution in [2.45, 2.75) is 71.8 Å². The van der Waals surface area contributed by atoms with Gasteiger partial charge in [-0.25, -0.2) is 14.4 Å². The molecule has 0 spiro atoms. The Morgan fingerprint density at radius 3 is 2.23 bits per heavy atom. The van der Waals surface area contributed by atoms with Gasteiger partial charge in [-0.1, -0.05) is 30.3 Å². The van der Waals surface area contributed by atoms with Crippen LogP contribution in [0.25, 0.3) is 0 Å². The Bertz CT molecular complexity index is 940. The fourth-order valence-electron chi connectivity index (χ4n) is 3.00. The number of thioether (sulfide) groups is 1. The van der Waals surface area contributed by atoms with Crippen molar-refractivity contribution in [3.8, 4) is 0 Å². The molecule has 4 amide bonds. The second-order valence-corrected chi connectivity index (χ2v) is 10.4. The van der Waals surface area contributed by atoms with E-state index in [2.05, 4.69) is 21.3 Å². The van der Waals surface area contributed by atoms with Gasteiger partial charge in [0.1, 0.15) is 24.3 Å². The molecule has 1 aromatic rings. The summed E-state index contributed by atoms with van der Waals surface area (Å²) < 4.78 is 15.5. The van der Waals surface area contributed by atoms with E-state index in [0.29, 0.717) is 6.42 Å². The molecule has 0 heterocycles. The third kappa shape index (κ3) is 16.2. The molecule has 0 aliphatic carbocycles. The molecule has 13 heteroatoms. The van der Waals surface area contributed by atoms with Gasteiger partial charge < -0.3 is 35.5 Å². The van der Waals surface area contributed by atoms with E-state index in [-0.39, 0.29) is 43.7 Å². The van der Waals surface area contributed by atoms with Crippen molar-refractivity contribution >= 4 is 41.7 Å². The van der Waals surface area contributed by atoms with Crippen LogP contribution >= 0.6 is 11.8 Å². The summed E-state index contributed by atoms with van der Waals surface area (Å²) in [6, 6.07) is 7.16. The zero-order chi connectivity index (χ0) is 29.3. The number of amides is 4. The largest absolute Gasteiger partial charge is 0.464 e. The normalized spacial score (nSPS) is 12.3. The van der Waals surface area contributed by atoms with E-state index >= 15 is 0 Å². The molecule has 2 atom stereocenters. The van der Waals surface area contributed by atoms with Gasteiger partial charge in [0.15, 0.2) is 0 Å². The summed E-state index contributed by atoms with van der Waals surface area (Å²) in [4.78, 5) is 61.0. The first-order chi connectivity index (χ1) is 18.4. The first-order valence-corrected chi connectivity index (χ1v) is 13.8. The fourth-order valence-corrected chi connectivity index (χ4v) is 3.89. The van der Waals surface area contributed by atoms with E-state index in [1.54, 1.807) is 27.7 Å². The summed E-state index contributed by atoms with van der Waals surface area (Å²) in [6.07, 6.45) is -0.894. The van der Waals surface area contributed by atoms with Gasteiger partial charge in [0.25, 0.3) is 0 Å². The zero-order valence-electron chi connectivity index (χ0n) is 23.2. The van der Waals surface area contributed by atoms with Crippen molar-refractivity contribution in [1.82, 2.24) is 21.3 Å². The van der Waals surface area contributed by atoms with E-state index in [1.165, 1.54) is 18.7 Å². The number of benzene rings is 1. The van der Waals surface area contributed by atoms with Gasteiger partial charge in [0, 0.05) is 19.2 Å². The third-order valence-electron chi connectivity index (χ3n) is 4.75. The fraction of sp³-hybridized carbons (Fsp3) is 0.577. The van der Waals surface area contributed by atoms with Gasteiger partial charge in [-0.2, -0.15) is 0 Å². The monoisotopic (exact) mass is 568 g/mol. The Balaban J connectivity index is 2.69. The first-order valence-electron chi connectivity index (χ1n) is 12.6. The number of hydrogen-bond donors (Lipinski definition) is 4. The molecule has 39 heavy (non-hydrogen) atoms. The van der Waals surface area contributed by atoms with Crippen LogP contribution in [0.3, 0.4) is 0 Å². The van der Waals surface area contributed by atoms with Crippen LogP contribution in [-0.2, 0) is 35.2 Å². The Morgan fingerprint density at radius 2 is 1.62 bits per heavy atom. The molecule has 12 nitrogen and oxygen atoms in total. The summed E-state index contributed by atoms with van der Waals surface area (Å²) in [5.41, 5.74) is 0.0690. The molecule has 0 fully saturated rings. The molecular weight excluding hydrogens is 528 g/mol. The van der Waals surface area contributed by atoms with Crippen LogP contribution in [0.1, 0.15) is 53.0 Å². The van der Waals surface area contributed by atoms with Crippen LogP contribution in [0.15, 0.2) is 30.3 Å². The van der Waals surface area contributed by atoms with Crippen LogP contribution in [0.4, 0.5) is 9.59 Å². The molecule has 0 aliphatic heterocycles. The highest BCUT2D eigenvalue weighted by Gasteiger charge is 2.29. The Morgan fingerprint density at radius 1 is 0.923 bits per heavy atom. The topological polar surface area (TPSA) is 161 Å². The lowest BCUT2D eigenvalue weighted by molar-refractivity contribution is -0.147. The van der Waals surface area contributed by atoms with Crippen molar-refractivity contribution in [1.29, 1.82) is 0 Å². The van der Waals surface area contributed by atoms with Crippen LogP contribution in [0.5, 0.6) is 0 Å². The van der Waals surface area contributed by atoms with Crippen LogP contribution < -0.4 is 21.3 Å². The predicted molar refractivity (Wildman–Crippen MR) is 147 cm³/mol. The van der Waals surface area contributed by atoms with Gasteiger partial charge >= 0.3 is 18.2 Å². The van der Waals surface area contributed by atoms with Crippen LogP contribution in [0.2, 0.25) is 0 Å². The second-order valence-electron chi connectivity index (χ2n) is 9.39. The number of nitrogens with one attached hydrogen (secondary N) is 4. The number of carbonyl (C=O) groups excluding carboxylic acids is 5. The van der Waals surface area contributed by atoms with Gasteiger partial charge in [0.05, 0.1) is 12.5 Å². The SMILES string of the molecule is CCOC(=O)[C@H](CCCNC(=O)OCc1ccccc1)NC(=O)[C@H](CSCNC(C)=O)NC(=O)OC(C)(C)C. The smallest absolute Gasteiger partial charge is 0.408 e. The van der Waals surface area contributed by atoms with Crippen molar-refractivity contribution in [3.63, 3.8) is 0 Å². The summed E-state index contributed by atoms with van der Waals surface area (Å²) in [6.45, 7) is 8.52. The summed E-state index contributed by atoms with van der Waals surface area (Å²) in [5, 5.41) is 10.3. The average Bonchev–Trinajstić information content (AvgIpc) is 2.85. The Kier molecular flexibility index (Phi) is 15.4. The first kappa shape index (κ1) is 33.5. The lowest BCUT2D eigenvalue weighted by Crippen LogP contribution is -2.53. The van der Waals surface area contributed by atoms with Crippen molar-refractivity contribution in [2.75, 3.05) is 24.8 Å². The van der Waals surface area contributed by atoms with Crippen molar-refractivity contribution < 1.29 is 38.2 Å². The Labute approximate surface area is 233 Å². The second kappa shape index (κ2) is 17.9. The van der Waals surface area contributed by atoms with Crippen molar-refractivity contribution in [2.24, 2.45) is 0 Å². The summed E-state index contributed by atoms with van der Waals surface area (Å²) >= 11 is 1.21. The standard InChI is InChI=1S/C26H40N4O8S/c1-6-36-23(33)20(13-10-14-27-24(34)37-15-19-11-8-7-9-12-19)29-22(32)21(16-39-17-28-18(2)31)30-25(35)38-26(3,4)5/h7-9,11-12,20-21H,6,10,13-17H2,1-5H3,(H,27,34)(H,28,31)(H,29,32)(H,30,35)/t20-,21-/m0/s1. The molecule has 218 valence electrons. The molecule has 0 aliphatic rings. The van der Waals surface area contributed by atoms with E-state index in [9.17, 15) is 24.0 Å². The van der Waals surface area contributed by atoms with E-state index in [0.717, 1.165) is 5.56 Å². The number of carbonyl (C=O) groups is 5. The molecular formula is C26H40N4O8S. The quantitative estimate of drug-likeness (QED) is 0.108. The number of rotatable bonds is 15. The third-order valence-corrected chi connectivity index (χ3v) is 5.67. The molecule has 0 unspecified atom stereocenters. The maximum Gasteiger partial charge on any atom is 0.408 e. The van der Waals surface area contributed by atoms with E-state index < -0.39 is 41.7 Å². The molecule has 0 bridgehead atoms. The molecule has 0 aromatic heterocycles. The summed E-state index contributed by atoms with van der Waals surface area (Å²) in [7, 11) is 0.